The number of para-hydroxylation sites is 3. The molecular formula is C43H29N2OP. The molecule has 2 aliphatic heterocycles. The summed E-state index contributed by atoms with van der Waals surface area (Å²) in [4.78, 5) is 0. The number of hydrogen-bond acceptors (Lipinski definition) is 1. The smallest absolute Gasteiger partial charge is 0.173 e. The lowest BCUT2D eigenvalue weighted by Gasteiger charge is -2.19. The standard InChI is InChI=1S/C43H29N2OP/c1-3-4-19-33-27(2)28-14-5-8-20-34(28)44(33)37-23-12-25-39-41(37)31-17-11-18-32-42-38(24-13-26-40(42)47(39,46)43(31)32)45-35-21-9-6-15-29(35)30-16-7-10-22-36(30)45/h3-26H,1H2,2H3/b19-4-. The van der Waals surface area contributed by atoms with E-state index in [4.69, 9.17) is 0 Å². The van der Waals surface area contributed by atoms with E-state index in [9.17, 15) is 0 Å². The lowest BCUT2D eigenvalue weighted by molar-refractivity contribution is 0.593. The Hall–Kier alpha value is -5.63. The van der Waals surface area contributed by atoms with Crippen LogP contribution >= 0.6 is 7.14 Å². The molecule has 0 amide bonds. The van der Waals surface area contributed by atoms with Crippen molar-refractivity contribution in [1.82, 2.24) is 9.13 Å². The van der Waals surface area contributed by atoms with Gasteiger partial charge in [0.2, 0.25) is 0 Å². The molecule has 8 aromatic rings. The molecule has 47 heavy (non-hydrogen) atoms. The third kappa shape index (κ3) is 3.24. The molecule has 222 valence electrons. The molecule has 6 aromatic carbocycles. The number of aryl methyl sites for hydroxylation is 1. The Morgan fingerprint density at radius 3 is 1.64 bits per heavy atom. The highest BCUT2D eigenvalue weighted by Gasteiger charge is 2.49. The van der Waals surface area contributed by atoms with Crippen molar-refractivity contribution in [2.45, 2.75) is 6.92 Å². The number of aromatic nitrogens is 2. The van der Waals surface area contributed by atoms with Gasteiger partial charge in [-0.3, -0.25) is 0 Å². The van der Waals surface area contributed by atoms with Gasteiger partial charge in [-0.25, -0.2) is 0 Å². The molecule has 0 saturated heterocycles. The van der Waals surface area contributed by atoms with E-state index in [2.05, 4.69) is 156 Å². The maximum absolute atomic E-state index is 16.0. The summed E-state index contributed by atoms with van der Waals surface area (Å²) in [6.07, 6.45) is 5.94. The van der Waals surface area contributed by atoms with E-state index in [0.717, 1.165) is 71.8 Å². The van der Waals surface area contributed by atoms with Gasteiger partial charge < -0.3 is 13.7 Å². The molecule has 0 N–H and O–H groups in total. The molecular weight excluding hydrogens is 591 g/mol. The van der Waals surface area contributed by atoms with Crippen LogP contribution in [0.25, 0.3) is 72.4 Å². The topological polar surface area (TPSA) is 26.9 Å². The highest BCUT2D eigenvalue weighted by atomic mass is 31.2. The number of fused-ring (bicyclic) bond motifs is 10. The zero-order valence-electron chi connectivity index (χ0n) is 25.8. The van der Waals surface area contributed by atoms with Crippen LogP contribution in [0.2, 0.25) is 0 Å². The summed E-state index contributed by atoms with van der Waals surface area (Å²) >= 11 is 0. The van der Waals surface area contributed by atoms with Gasteiger partial charge in [0.05, 0.1) is 27.9 Å². The Kier molecular flexibility index (Phi) is 5.34. The van der Waals surface area contributed by atoms with Crippen LogP contribution in [0.1, 0.15) is 11.3 Å². The Morgan fingerprint density at radius 2 is 1.06 bits per heavy atom. The average molecular weight is 621 g/mol. The van der Waals surface area contributed by atoms with Crippen molar-refractivity contribution in [2.75, 3.05) is 0 Å². The molecule has 3 nitrogen and oxygen atoms in total. The summed E-state index contributed by atoms with van der Waals surface area (Å²) in [5, 5.41) is 6.46. The molecule has 10 rings (SSSR count). The van der Waals surface area contributed by atoms with Gasteiger partial charge in [0, 0.05) is 48.9 Å². The van der Waals surface area contributed by atoms with Crippen LogP contribution in [-0.4, -0.2) is 9.13 Å². The minimum absolute atomic E-state index is 0.921. The summed E-state index contributed by atoms with van der Waals surface area (Å²) in [6, 6.07) is 45.0. The van der Waals surface area contributed by atoms with Crippen LogP contribution in [0.15, 0.2) is 146 Å². The predicted molar refractivity (Wildman–Crippen MR) is 199 cm³/mol. The first-order chi connectivity index (χ1) is 23.1. The molecule has 1 atom stereocenters. The van der Waals surface area contributed by atoms with Gasteiger partial charge in [-0.15, -0.1) is 0 Å². The molecule has 4 heteroatoms. The van der Waals surface area contributed by atoms with Gasteiger partial charge in [0.15, 0.2) is 7.14 Å². The minimum Gasteiger partial charge on any atom is -0.309 e. The van der Waals surface area contributed by atoms with Crippen LogP contribution in [0, 0.1) is 6.92 Å². The van der Waals surface area contributed by atoms with E-state index < -0.39 is 7.14 Å². The Morgan fingerprint density at radius 1 is 0.574 bits per heavy atom. The van der Waals surface area contributed by atoms with Crippen LogP contribution < -0.4 is 15.9 Å². The maximum atomic E-state index is 16.0. The molecule has 1 unspecified atom stereocenters. The van der Waals surface area contributed by atoms with Crippen molar-refractivity contribution in [3.8, 4) is 33.6 Å². The normalized spacial score (nSPS) is 15.9. The van der Waals surface area contributed by atoms with E-state index in [1.807, 2.05) is 12.2 Å². The number of hydrogen-bond donors (Lipinski definition) is 0. The zero-order valence-corrected chi connectivity index (χ0v) is 26.7. The number of rotatable bonds is 4. The van der Waals surface area contributed by atoms with Gasteiger partial charge >= 0.3 is 0 Å². The Labute approximate surface area is 272 Å². The molecule has 2 aliphatic rings. The number of allylic oxidation sites excluding steroid dienone is 2. The van der Waals surface area contributed by atoms with Gasteiger partial charge in [-0.2, -0.15) is 0 Å². The lowest BCUT2D eigenvalue weighted by Crippen LogP contribution is -2.17. The third-order valence-electron chi connectivity index (χ3n) is 10.2. The molecule has 0 spiro atoms. The summed E-state index contributed by atoms with van der Waals surface area (Å²) < 4.78 is 20.7. The van der Waals surface area contributed by atoms with Gasteiger partial charge in [-0.1, -0.05) is 116 Å². The average Bonchev–Trinajstić information content (AvgIpc) is 3.78. The van der Waals surface area contributed by atoms with Crippen molar-refractivity contribution in [2.24, 2.45) is 0 Å². The summed E-state index contributed by atoms with van der Waals surface area (Å²) in [7, 11) is -3.18. The van der Waals surface area contributed by atoms with Gasteiger partial charge in [0.1, 0.15) is 0 Å². The quantitative estimate of drug-likeness (QED) is 0.142. The second-order valence-electron chi connectivity index (χ2n) is 12.5. The molecule has 0 radical (unpaired) electrons. The molecule has 2 aromatic heterocycles. The van der Waals surface area contributed by atoms with E-state index >= 15 is 4.57 Å². The first-order valence-corrected chi connectivity index (χ1v) is 17.7. The van der Waals surface area contributed by atoms with E-state index in [0.29, 0.717) is 0 Å². The number of nitrogens with zero attached hydrogens (tertiary/aromatic N) is 2. The second kappa shape index (κ2) is 9.45. The SMILES string of the molecule is C=C/C=C\c1c(C)c2ccccc2n1-c1cccc2c1-c1cccc3c1P2(=O)c1cccc(-n2c4ccccc4c4ccccc42)c1-3. The van der Waals surface area contributed by atoms with Crippen LogP contribution in [0.3, 0.4) is 0 Å². The van der Waals surface area contributed by atoms with Crippen LogP contribution in [-0.2, 0) is 4.57 Å². The summed E-state index contributed by atoms with van der Waals surface area (Å²) in [5.74, 6) is 0. The third-order valence-corrected chi connectivity index (χ3v) is 13.4. The van der Waals surface area contributed by atoms with E-state index in [1.165, 1.54) is 21.7 Å². The highest BCUT2D eigenvalue weighted by Crippen LogP contribution is 2.61. The zero-order chi connectivity index (χ0) is 31.4. The fourth-order valence-corrected chi connectivity index (χ4v) is 11.9. The molecule has 0 aliphatic carbocycles. The molecule has 0 bridgehead atoms. The van der Waals surface area contributed by atoms with Crippen molar-refractivity contribution in [1.29, 1.82) is 0 Å². The molecule has 0 saturated carbocycles. The highest BCUT2D eigenvalue weighted by molar-refractivity contribution is 7.87. The largest absolute Gasteiger partial charge is 0.309 e. The molecule has 4 heterocycles. The minimum atomic E-state index is -3.18. The van der Waals surface area contributed by atoms with E-state index in [1.54, 1.807) is 0 Å². The first kappa shape index (κ1) is 26.6. The molecule has 0 fully saturated rings. The van der Waals surface area contributed by atoms with Crippen LogP contribution in [0.5, 0.6) is 0 Å². The van der Waals surface area contributed by atoms with Crippen LogP contribution in [0.4, 0.5) is 0 Å². The Balaban J connectivity index is 1.29. The van der Waals surface area contributed by atoms with E-state index in [-0.39, 0.29) is 0 Å². The van der Waals surface area contributed by atoms with Crippen molar-refractivity contribution in [3.63, 3.8) is 0 Å². The fraction of sp³-hybridized carbons (Fsp3) is 0.0233. The maximum Gasteiger partial charge on any atom is 0.173 e. The Bertz CT molecular complexity index is 2700. The lowest BCUT2D eigenvalue weighted by atomic mass is 9.96. The van der Waals surface area contributed by atoms with Gasteiger partial charge in [-0.05, 0) is 60.0 Å². The second-order valence-corrected chi connectivity index (χ2v) is 15.1. The van der Waals surface area contributed by atoms with Gasteiger partial charge in [0.25, 0.3) is 0 Å². The fourth-order valence-electron chi connectivity index (χ4n) is 8.38. The summed E-state index contributed by atoms with van der Waals surface area (Å²) in [5.41, 5.74) is 12.1. The van der Waals surface area contributed by atoms with Crippen molar-refractivity contribution < 1.29 is 4.57 Å². The summed E-state index contributed by atoms with van der Waals surface area (Å²) in [6.45, 7) is 6.11. The monoisotopic (exact) mass is 620 g/mol. The first-order valence-electron chi connectivity index (χ1n) is 16.0. The van der Waals surface area contributed by atoms with Crippen molar-refractivity contribution in [3.05, 3.63) is 157 Å². The predicted octanol–water partition coefficient (Wildman–Crippen LogP) is 9.84. The van der Waals surface area contributed by atoms with Crippen molar-refractivity contribution >= 4 is 61.8 Å². The number of benzene rings is 6.